The Kier molecular flexibility index (Phi) is 2.27. The molecule has 0 aromatic carbocycles. The van der Waals surface area contributed by atoms with Crippen LogP contribution >= 0.6 is 11.8 Å². The number of hydrogen-bond acceptors (Lipinski definition) is 5. The van der Waals surface area contributed by atoms with Gasteiger partial charge in [0.25, 0.3) is 0 Å². The van der Waals surface area contributed by atoms with Crippen LogP contribution in [-0.4, -0.2) is 37.7 Å². The summed E-state index contributed by atoms with van der Waals surface area (Å²) in [6, 6.07) is -0.549. The van der Waals surface area contributed by atoms with E-state index in [1.54, 1.807) is 4.68 Å². The van der Waals surface area contributed by atoms with Crippen molar-refractivity contribution in [3.63, 3.8) is 0 Å². The average Bonchev–Trinajstić information content (AvgIpc) is 2.59. The second-order valence-electron chi connectivity index (χ2n) is 4.13. The third-order valence-electron chi connectivity index (χ3n) is 3.09. The Balaban J connectivity index is 1.88. The highest BCUT2D eigenvalue weighted by Crippen LogP contribution is 2.36. The lowest BCUT2D eigenvalue weighted by atomic mass is 9.85. The molecule has 2 heterocycles. The maximum atomic E-state index is 10.9. The molecular formula is C9H12N4O2S. The zero-order chi connectivity index (χ0) is 11.1. The molecule has 7 heteroatoms. The Hall–Kier alpha value is -1.24. The molecular weight excluding hydrogens is 228 g/mol. The number of rotatable bonds is 2. The fourth-order valence-corrected chi connectivity index (χ4v) is 2.81. The first-order valence-corrected chi connectivity index (χ1v) is 6.31. The molecule has 1 aromatic rings. The SMILES string of the molecule is O=C(O)C1CSc2nnc(C3CCC3)n2N1. The van der Waals surface area contributed by atoms with Gasteiger partial charge in [-0.25, -0.2) is 9.47 Å². The molecule has 3 rings (SSSR count). The zero-order valence-electron chi connectivity index (χ0n) is 8.59. The lowest BCUT2D eigenvalue weighted by molar-refractivity contribution is -0.137. The lowest BCUT2D eigenvalue weighted by Gasteiger charge is -2.28. The van der Waals surface area contributed by atoms with Crippen LogP contribution in [0.3, 0.4) is 0 Å². The number of thioether (sulfide) groups is 1. The number of hydrogen-bond donors (Lipinski definition) is 2. The molecule has 0 saturated heterocycles. The highest BCUT2D eigenvalue weighted by molar-refractivity contribution is 7.99. The first kappa shape index (κ1) is 9.95. The van der Waals surface area contributed by atoms with Crippen LogP contribution in [0.2, 0.25) is 0 Å². The van der Waals surface area contributed by atoms with Gasteiger partial charge >= 0.3 is 5.97 Å². The van der Waals surface area contributed by atoms with Crippen molar-refractivity contribution in [2.45, 2.75) is 36.4 Å². The van der Waals surface area contributed by atoms with Gasteiger partial charge in [0.05, 0.1) is 0 Å². The summed E-state index contributed by atoms with van der Waals surface area (Å²) in [6.07, 6.45) is 3.48. The Morgan fingerprint density at radius 1 is 1.50 bits per heavy atom. The van der Waals surface area contributed by atoms with Crippen LogP contribution in [-0.2, 0) is 4.79 Å². The number of nitrogens with one attached hydrogen (secondary N) is 1. The molecule has 1 aliphatic carbocycles. The molecule has 0 spiro atoms. The quantitative estimate of drug-likeness (QED) is 0.790. The summed E-state index contributed by atoms with van der Waals surface area (Å²) in [7, 11) is 0. The van der Waals surface area contributed by atoms with Gasteiger partial charge in [-0.1, -0.05) is 18.2 Å². The summed E-state index contributed by atoms with van der Waals surface area (Å²) in [4.78, 5) is 10.9. The Labute approximate surface area is 96.4 Å². The second-order valence-corrected chi connectivity index (χ2v) is 5.12. The summed E-state index contributed by atoms with van der Waals surface area (Å²) in [6.45, 7) is 0. The molecule has 1 aliphatic heterocycles. The van der Waals surface area contributed by atoms with E-state index in [2.05, 4.69) is 15.6 Å². The molecule has 1 fully saturated rings. The molecule has 86 valence electrons. The molecule has 1 unspecified atom stereocenters. The number of aromatic nitrogens is 3. The Morgan fingerprint density at radius 3 is 2.94 bits per heavy atom. The maximum Gasteiger partial charge on any atom is 0.328 e. The maximum absolute atomic E-state index is 10.9. The molecule has 16 heavy (non-hydrogen) atoms. The summed E-state index contributed by atoms with van der Waals surface area (Å²) >= 11 is 1.44. The van der Waals surface area contributed by atoms with Crippen LogP contribution in [0, 0.1) is 0 Å². The van der Waals surface area contributed by atoms with E-state index in [-0.39, 0.29) is 0 Å². The van der Waals surface area contributed by atoms with Gasteiger partial charge in [0.15, 0.2) is 5.82 Å². The van der Waals surface area contributed by atoms with Crippen LogP contribution in [0.4, 0.5) is 0 Å². The normalized spacial score (nSPS) is 24.4. The summed E-state index contributed by atoms with van der Waals surface area (Å²) in [5.74, 6) is 1.01. The molecule has 1 saturated carbocycles. The number of carboxylic acid groups (broad SMARTS) is 1. The monoisotopic (exact) mass is 240 g/mol. The van der Waals surface area contributed by atoms with Gasteiger partial charge in [-0.05, 0) is 12.8 Å². The van der Waals surface area contributed by atoms with Crippen molar-refractivity contribution < 1.29 is 9.90 Å². The van der Waals surface area contributed by atoms with Gasteiger partial charge in [-0.3, -0.25) is 0 Å². The first-order chi connectivity index (χ1) is 7.75. The molecule has 2 aliphatic rings. The van der Waals surface area contributed by atoms with Gasteiger partial charge in [0, 0.05) is 11.7 Å². The Morgan fingerprint density at radius 2 is 2.31 bits per heavy atom. The van der Waals surface area contributed by atoms with E-state index in [9.17, 15) is 4.79 Å². The first-order valence-electron chi connectivity index (χ1n) is 5.33. The fraction of sp³-hybridized carbons (Fsp3) is 0.667. The molecule has 6 nitrogen and oxygen atoms in total. The predicted octanol–water partition coefficient (Wildman–Crippen LogP) is 0.648. The number of carbonyl (C=O) groups is 1. The van der Waals surface area contributed by atoms with Crippen molar-refractivity contribution >= 4 is 17.7 Å². The van der Waals surface area contributed by atoms with Crippen molar-refractivity contribution in [1.82, 2.24) is 14.9 Å². The van der Waals surface area contributed by atoms with Crippen molar-refractivity contribution in [3.8, 4) is 0 Å². The van der Waals surface area contributed by atoms with Crippen LogP contribution < -0.4 is 5.43 Å². The molecule has 2 N–H and O–H groups in total. The number of nitrogens with zero attached hydrogens (tertiary/aromatic N) is 3. The van der Waals surface area contributed by atoms with Crippen LogP contribution in [0.15, 0.2) is 5.16 Å². The number of carboxylic acids is 1. The smallest absolute Gasteiger partial charge is 0.328 e. The van der Waals surface area contributed by atoms with Crippen LogP contribution in [0.25, 0.3) is 0 Å². The largest absolute Gasteiger partial charge is 0.480 e. The van der Waals surface area contributed by atoms with Gasteiger partial charge < -0.3 is 10.5 Å². The molecule has 1 aromatic heterocycles. The Bertz CT molecular complexity index is 429. The minimum absolute atomic E-state index is 0.446. The summed E-state index contributed by atoms with van der Waals surface area (Å²) in [5, 5.41) is 18.0. The molecule has 0 bridgehead atoms. The molecule has 1 atom stereocenters. The third kappa shape index (κ3) is 1.46. The molecule has 0 radical (unpaired) electrons. The van der Waals surface area contributed by atoms with Gasteiger partial charge in [-0.15, -0.1) is 10.2 Å². The topological polar surface area (TPSA) is 80.0 Å². The van der Waals surface area contributed by atoms with Crippen molar-refractivity contribution in [2.24, 2.45) is 0 Å². The van der Waals surface area contributed by atoms with Gasteiger partial charge in [-0.2, -0.15) is 0 Å². The highest BCUT2D eigenvalue weighted by Gasteiger charge is 2.32. The van der Waals surface area contributed by atoms with E-state index in [1.165, 1.54) is 18.2 Å². The third-order valence-corrected chi connectivity index (χ3v) is 4.11. The van der Waals surface area contributed by atoms with Gasteiger partial charge in [0.1, 0.15) is 6.04 Å². The van der Waals surface area contributed by atoms with E-state index in [1.807, 2.05) is 0 Å². The van der Waals surface area contributed by atoms with E-state index in [0.29, 0.717) is 11.7 Å². The average molecular weight is 240 g/mol. The zero-order valence-corrected chi connectivity index (χ0v) is 9.40. The molecule has 0 amide bonds. The predicted molar refractivity (Wildman–Crippen MR) is 58.1 cm³/mol. The van der Waals surface area contributed by atoms with Crippen molar-refractivity contribution in [1.29, 1.82) is 0 Å². The van der Waals surface area contributed by atoms with Crippen LogP contribution in [0.5, 0.6) is 0 Å². The van der Waals surface area contributed by atoms with E-state index < -0.39 is 12.0 Å². The number of fused-ring (bicyclic) bond motifs is 1. The van der Waals surface area contributed by atoms with Crippen molar-refractivity contribution in [3.05, 3.63) is 5.82 Å². The second kappa shape index (κ2) is 3.65. The van der Waals surface area contributed by atoms with Crippen LogP contribution in [0.1, 0.15) is 31.0 Å². The minimum atomic E-state index is -0.827. The van der Waals surface area contributed by atoms with Crippen molar-refractivity contribution in [2.75, 3.05) is 11.2 Å². The van der Waals surface area contributed by atoms with E-state index in [4.69, 9.17) is 5.11 Å². The van der Waals surface area contributed by atoms with Gasteiger partial charge in [0.2, 0.25) is 5.16 Å². The number of aliphatic carboxylic acids is 1. The summed E-state index contributed by atoms with van der Waals surface area (Å²) < 4.78 is 1.76. The lowest BCUT2D eigenvalue weighted by Crippen LogP contribution is -2.41. The van der Waals surface area contributed by atoms with E-state index in [0.717, 1.165) is 23.8 Å². The minimum Gasteiger partial charge on any atom is -0.480 e. The standard InChI is InChI=1S/C9H12N4O2S/c14-8(15)6-4-16-9-11-10-7(13(9)12-6)5-2-1-3-5/h5-6,12H,1-4H2,(H,14,15). The highest BCUT2D eigenvalue weighted by atomic mass is 32.2. The summed E-state index contributed by atoms with van der Waals surface area (Å²) in [5.41, 5.74) is 2.97. The fourth-order valence-electron chi connectivity index (χ4n) is 1.90. The van der Waals surface area contributed by atoms with E-state index >= 15 is 0 Å².